The van der Waals surface area contributed by atoms with Gasteiger partial charge in [0, 0.05) is 27.3 Å². The fourth-order valence-corrected chi connectivity index (χ4v) is 4.20. The molecule has 19 heavy (non-hydrogen) atoms. The first-order valence-electron chi connectivity index (χ1n) is 5.72. The van der Waals surface area contributed by atoms with Gasteiger partial charge in [-0.05, 0) is 17.0 Å². The van der Waals surface area contributed by atoms with Crippen molar-refractivity contribution in [1.29, 1.82) is 0 Å². The second-order valence-electron chi connectivity index (χ2n) is 3.82. The smallest absolute Gasteiger partial charge is 0.252 e. The summed E-state index contributed by atoms with van der Waals surface area (Å²) < 4.78 is 36.2. The lowest BCUT2D eigenvalue weighted by atomic mass is 10.4. The zero-order chi connectivity index (χ0) is 14.3. The molecule has 0 saturated carbocycles. The Balaban J connectivity index is 2.90. The molecule has 1 rings (SSSR count). The maximum Gasteiger partial charge on any atom is 0.252 e. The van der Waals surface area contributed by atoms with Crippen LogP contribution in [0.1, 0.15) is 5.56 Å². The number of methoxy groups -OCH3 is 2. The molecular formula is C11H19NO5S2. The van der Waals surface area contributed by atoms with Crippen LogP contribution >= 0.6 is 11.3 Å². The highest BCUT2D eigenvalue weighted by molar-refractivity contribution is 7.91. The zero-order valence-corrected chi connectivity index (χ0v) is 12.7. The fourth-order valence-electron chi connectivity index (χ4n) is 1.44. The van der Waals surface area contributed by atoms with Crippen molar-refractivity contribution >= 4 is 21.4 Å². The topological polar surface area (TPSA) is 76.1 Å². The van der Waals surface area contributed by atoms with E-state index in [2.05, 4.69) is 0 Å². The summed E-state index contributed by atoms with van der Waals surface area (Å²) in [6.45, 7) is 1.02. The molecule has 0 atom stereocenters. The molecule has 0 radical (unpaired) electrons. The Kier molecular flexibility index (Phi) is 6.90. The lowest BCUT2D eigenvalue weighted by Gasteiger charge is -2.20. The summed E-state index contributed by atoms with van der Waals surface area (Å²) in [5, 5.41) is 10.6. The molecular weight excluding hydrogens is 290 g/mol. The van der Waals surface area contributed by atoms with E-state index in [4.69, 9.17) is 14.6 Å². The lowest BCUT2D eigenvalue weighted by molar-refractivity contribution is 0.150. The number of thiophene rings is 1. The Morgan fingerprint density at radius 1 is 1.26 bits per heavy atom. The van der Waals surface area contributed by atoms with Gasteiger partial charge in [-0.15, -0.1) is 11.3 Å². The van der Waals surface area contributed by atoms with Gasteiger partial charge in [0.2, 0.25) is 0 Å². The molecule has 0 unspecified atom stereocenters. The number of rotatable bonds is 9. The van der Waals surface area contributed by atoms with Crippen LogP contribution in [0.4, 0.5) is 0 Å². The molecule has 0 fully saturated rings. The van der Waals surface area contributed by atoms with Gasteiger partial charge < -0.3 is 14.6 Å². The third-order valence-corrected chi connectivity index (χ3v) is 5.86. The van der Waals surface area contributed by atoms with Crippen LogP contribution in [0.5, 0.6) is 0 Å². The van der Waals surface area contributed by atoms with E-state index in [0.717, 1.165) is 11.3 Å². The van der Waals surface area contributed by atoms with Crippen molar-refractivity contribution in [1.82, 2.24) is 4.31 Å². The predicted octanol–water partition coefficient (Wildman–Crippen LogP) is 0.524. The third-order valence-electron chi connectivity index (χ3n) is 2.50. The average molecular weight is 309 g/mol. The minimum Gasteiger partial charge on any atom is -0.392 e. The zero-order valence-electron chi connectivity index (χ0n) is 11.0. The molecule has 1 aromatic heterocycles. The van der Waals surface area contributed by atoms with Crippen LogP contribution < -0.4 is 0 Å². The van der Waals surface area contributed by atoms with E-state index in [-0.39, 0.29) is 23.9 Å². The molecule has 1 N–H and O–H groups in total. The van der Waals surface area contributed by atoms with Crippen molar-refractivity contribution in [2.45, 2.75) is 10.8 Å². The van der Waals surface area contributed by atoms with Crippen LogP contribution in [0.2, 0.25) is 0 Å². The Morgan fingerprint density at radius 3 is 2.26 bits per heavy atom. The highest BCUT2D eigenvalue weighted by atomic mass is 32.2. The van der Waals surface area contributed by atoms with Crippen molar-refractivity contribution in [2.24, 2.45) is 0 Å². The summed E-state index contributed by atoms with van der Waals surface area (Å²) in [5.41, 5.74) is 0.599. The van der Waals surface area contributed by atoms with Crippen LogP contribution in [0.3, 0.4) is 0 Å². The van der Waals surface area contributed by atoms with Crippen molar-refractivity contribution in [3.8, 4) is 0 Å². The van der Waals surface area contributed by atoms with E-state index in [9.17, 15) is 8.42 Å². The minimum absolute atomic E-state index is 0.165. The van der Waals surface area contributed by atoms with Gasteiger partial charge in [0.05, 0.1) is 19.8 Å². The maximum atomic E-state index is 12.4. The monoisotopic (exact) mass is 309 g/mol. The summed E-state index contributed by atoms with van der Waals surface area (Å²) in [4.78, 5) is 0. The second-order valence-corrected chi connectivity index (χ2v) is 6.90. The number of hydrogen-bond acceptors (Lipinski definition) is 6. The number of sulfonamides is 1. The number of hydrogen-bond donors (Lipinski definition) is 1. The number of nitrogens with zero attached hydrogens (tertiary/aromatic N) is 1. The standard InChI is InChI=1S/C11H19NO5S2/c1-16-5-3-12(4-6-17-2)19(14,15)11-7-10(8-13)9-18-11/h7,9,13H,3-6,8H2,1-2H3. The predicted molar refractivity (Wildman–Crippen MR) is 72.8 cm³/mol. The highest BCUT2D eigenvalue weighted by Crippen LogP contribution is 2.23. The molecule has 0 bridgehead atoms. The summed E-state index contributed by atoms with van der Waals surface area (Å²) in [7, 11) is -0.506. The first kappa shape index (κ1) is 16.5. The van der Waals surface area contributed by atoms with Crippen LogP contribution in [0.25, 0.3) is 0 Å². The second kappa shape index (κ2) is 7.93. The Morgan fingerprint density at radius 2 is 1.84 bits per heavy atom. The van der Waals surface area contributed by atoms with Crippen molar-refractivity contribution < 1.29 is 23.0 Å². The Labute approximate surface area is 117 Å². The fraction of sp³-hybridized carbons (Fsp3) is 0.636. The van der Waals surface area contributed by atoms with E-state index < -0.39 is 10.0 Å². The third kappa shape index (κ3) is 4.51. The summed E-state index contributed by atoms with van der Waals surface area (Å²) >= 11 is 1.11. The van der Waals surface area contributed by atoms with Crippen LogP contribution in [0, 0.1) is 0 Å². The Bertz CT molecular complexity index is 463. The van der Waals surface area contributed by atoms with Gasteiger partial charge >= 0.3 is 0 Å². The first-order chi connectivity index (χ1) is 9.06. The van der Waals surface area contributed by atoms with Crippen molar-refractivity contribution in [2.75, 3.05) is 40.5 Å². The van der Waals surface area contributed by atoms with Gasteiger partial charge in [-0.3, -0.25) is 0 Å². The summed E-state index contributed by atoms with van der Waals surface area (Å²) in [5.74, 6) is 0. The molecule has 6 nitrogen and oxygen atoms in total. The highest BCUT2D eigenvalue weighted by Gasteiger charge is 2.25. The summed E-state index contributed by atoms with van der Waals surface area (Å²) in [6, 6.07) is 1.49. The maximum absolute atomic E-state index is 12.4. The molecule has 0 aliphatic carbocycles. The van der Waals surface area contributed by atoms with Crippen molar-refractivity contribution in [3.63, 3.8) is 0 Å². The quantitative estimate of drug-likeness (QED) is 0.720. The van der Waals surface area contributed by atoms with Gasteiger partial charge in [-0.2, -0.15) is 4.31 Å². The average Bonchev–Trinajstić information content (AvgIpc) is 2.88. The van der Waals surface area contributed by atoms with Gasteiger partial charge in [0.25, 0.3) is 10.0 Å². The van der Waals surface area contributed by atoms with E-state index >= 15 is 0 Å². The molecule has 8 heteroatoms. The molecule has 0 amide bonds. The molecule has 1 heterocycles. The van der Waals surface area contributed by atoms with E-state index in [0.29, 0.717) is 18.8 Å². The largest absolute Gasteiger partial charge is 0.392 e. The van der Waals surface area contributed by atoms with Gasteiger partial charge in [0.1, 0.15) is 4.21 Å². The number of aliphatic hydroxyl groups excluding tert-OH is 1. The van der Waals surface area contributed by atoms with E-state index in [1.165, 1.54) is 24.6 Å². The van der Waals surface area contributed by atoms with Crippen LogP contribution in [0.15, 0.2) is 15.7 Å². The lowest BCUT2D eigenvalue weighted by Crippen LogP contribution is -2.36. The molecule has 110 valence electrons. The SMILES string of the molecule is COCCN(CCOC)S(=O)(=O)c1cc(CO)cs1. The number of ether oxygens (including phenoxy) is 2. The minimum atomic E-state index is -3.55. The summed E-state index contributed by atoms with van der Waals surface area (Å²) in [6.07, 6.45) is 0. The van der Waals surface area contributed by atoms with Gasteiger partial charge in [-0.1, -0.05) is 0 Å². The Hall–Kier alpha value is -0.510. The normalized spacial score (nSPS) is 12.2. The van der Waals surface area contributed by atoms with Gasteiger partial charge in [0.15, 0.2) is 0 Å². The van der Waals surface area contributed by atoms with E-state index in [1.54, 1.807) is 5.38 Å². The van der Waals surface area contributed by atoms with Crippen molar-refractivity contribution in [3.05, 3.63) is 17.0 Å². The molecule has 0 aromatic carbocycles. The first-order valence-corrected chi connectivity index (χ1v) is 8.04. The molecule has 1 aromatic rings. The molecule has 0 saturated heterocycles. The van der Waals surface area contributed by atoms with Crippen LogP contribution in [-0.2, 0) is 26.1 Å². The molecule has 0 aliphatic heterocycles. The molecule has 0 aliphatic rings. The number of aliphatic hydroxyl groups is 1. The van der Waals surface area contributed by atoms with Crippen LogP contribution in [-0.4, -0.2) is 58.4 Å². The molecule has 0 spiro atoms. The van der Waals surface area contributed by atoms with Gasteiger partial charge in [-0.25, -0.2) is 8.42 Å². The van der Waals surface area contributed by atoms with E-state index in [1.807, 2.05) is 0 Å².